The van der Waals surface area contributed by atoms with Crippen LogP contribution in [0.3, 0.4) is 0 Å². The van der Waals surface area contributed by atoms with E-state index in [9.17, 15) is 0 Å². The van der Waals surface area contributed by atoms with E-state index in [1.54, 1.807) is 0 Å². The van der Waals surface area contributed by atoms with Gasteiger partial charge in [0.2, 0.25) is 0 Å². The van der Waals surface area contributed by atoms with Crippen LogP contribution < -0.4 is 5.73 Å². The maximum absolute atomic E-state index is 5.50. The van der Waals surface area contributed by atoms with Crippen molar-refractivity contribution in [3.8, 4) is 11.8 Å². The van der Waals surface area contributed by atoms with E-state index in [1.165, 1.54) is 0 Å². The molecular formula is C9H17N. The van der Waals surface area contributed by atoms with E-state index < -0.39 is 0 Å². The summed E-state index contributed by atoms with van der Waals surface area (Å²) in [5, 5.41) is 0. The van der Waals surface area contributed by atoms with Crippen LogP contribution in [0.1, 0.15) is 27.2 Å². The predicted octanol–water partition coefficient (Wildman–Crippen LogP) is 1.63. The van der Waals surface area contributed by atoms with Gasteiger partial charge in [0.25, 0.3) is 0 Å². The van der Waals surface area contributed by atoms with Crippen LogP contribution >= 0.6 is 0 Å². The SMILES string of the molecule is CC#CCC(C)C(C)CN. The van der Waals surface area contributed by atoms with Gasteiger partial charge in [-0.1, -0.05) is 13.8 Å². The molecule has 0 saturated carbocycles. The van der Waals surface area contributed by atoms with Crippen molar-refractivity contribution in [2.75, 3.05) is 6.54 Å². The van der Waals surface area contributed by atoms with Gasteiger partial charge in [-0.05, 0) is 25.3 Å². The molecule has 0 rings (SSSR count). The number of hydrogen-bond acceptors (Lipinski definition) is 1. The van der Waals surface area contributed by atoms with Crippen molar-refractivity contribution in [1.82, 2.24) is 0 Å². The van der Waals surface area contributed by atoms with Crippen molar-refractivity contribution in [2.24, 2.45) is 17.6 Å². The number of hydrogen-bond donors (Lipinski definition) is 1. The summed E-state index contributed by atoms with van der Waals surface area (Å²) in [6.07, 6.45) is 0.981. The summed E-state index contributed by atoms with van der Waals surface area (Å²) < 4.78 is 0. The van der Waals surface area contributed by atoms with Gasteiger partial charge in [-0.25, -0.2) is 0 Å². The predicted molar refractivity (Wildman–Crippen MR) is 45.4 cm³/mol. The lowest BCUT2D eigenvalue weighted by atomic mass is 9.93. The van der Waals surface area contributed by atoms with E-state index in [2.05, 4.69) is 25.7 Å². The zero-order valence-corrected chi connectivity index (χ0v) is 7.15. The molecular weight excluding hydrogens is 122 g/mol. The Labute approximate surface area is 64.0 Å². The Hall–Kier alpha value is -0.480. The van der Waals surface area contributed by atoms with E-state index in [0.29, 0.717) is 11.8 Å². The first kappa shape index (κ1) is 9.52. The summed E-state index contributed by atoms with van der Waals surface area (Å²) in [4.78, 5) is 0. The fourth-order valence-electron chi connectivity index (χ4n) is 0.697. The van der Waals surface area contributed by atoms with Gasteiger partial charge in [-0.3, -0.25) is 0 Å². The fourth-order valence-corrected chi connectivity index (χ4v) is 0.697. The summed E-state index contributed by atoms with van der Waals surface area (Å²) in [6.45, 7) is 7.01. The minimum atomic E-state index is 0.598. The molecule has 0 aliphatic rings. The largest absolute Gasteiger partial charge is 0.330 e. The van der Waals surface area contributed by atoms with Crippen LogP contribution in [0.5, 0.6) is 0 Å². The quantitative estimate of drug-likeness (QED) is 0.591. The third kappa shape index (κ3) is 3.53. The monoisotopic (exact) mass is 139 g/mol. The van der Waals surface area contributed by atoms with E-state index in [0.717, 1.165) is 13.0 Å². The smallest absolute Gasteiger partial charge is 0.0117 e. The second-order valence-electron chi connectivity index (χ2n) is 2.82. The molecule has 0 spiro atoms. The molecule has 0 aromatic carbocycles. The molecule has 0 aliphatic carbocycles. The molecule has 0 radical (unpaired) electrons. The van der Waals surface area contributed by atoms with Crippen LogP contribution in [-0.4, -0.2) is 6.54 Å². The van der Waals surface area contributed by atoms with Crippen LogP contribution in [0.4, 0.5) is 0 Å². The van der Waals surface area contributed by atoms with Crippen molar-refractivity contribution in [3.63, 3.8) is 0 Å². The average molecular weight is 139 g/mol. The van der Waals surface area contributed by atoms with Gasteiger partial charge in [0.05, 0.1) is 0 Å². The van der Waals surface area contributed by atoms with E-state index in [4.69, 9.17) is 5.73 Å². The lowest BCUT2D eigenvalue weighted by molar-refractivity contribution is 0.405. The summed E-state index contributed by atoms with van der Waals surface area (Å²) >= 11 is 0. The second-order valence-corrected chi connectivity index (χ2v) is 2.82. The molecule has 10 heavy (non-hydrogen) atoms. The van der Waals surface area contributed by atoms with Gasteiger partial charge >= 0.3 is 0 Å². The van der Waals surface area contributed by atoms with Crippen LogP contribution in [0.15, 0.2) is 0 Å². The van der Waals surface area contributed by atoms with Crippen molar-refractivity contribution in [2.45, 2.75) is 27.2 Å². The van der Waals surface area contributed by atoms with Crippen LogP contribution in [-0.2, 0) is 0 Å². The van der Waals surface area contributed by atoms with E-state index >= 15 is 0 Å². The highest BCUT2D eigenvalue weighted by molar-refractivity contribution is 4.96. The zero-order chi connectivity index (χ0) is 7.98. The zero-order valence-electron chi connectivity index (χ0n) is 7.15. The van der Waals surface area contributed by atoms with Gasteiger partial charge in [-0.2, -0.15) is 0 Å². The first-order valence-electron chi connectivity index (χ1n) is 3.82. The van der Waals surface area contributed by atoms with Gasteiger partial charge in [0.1, 0.15) is 0 Å². The van der Waals surface area contributed by atoms with E-state index in [1.807, 2.05) is 6.92 Å². The maximum Gasteiger partial charge on any atom is 0.0117 e. The minimum Gasteiger partial charge on any atom is -0.330 e. The molecule has 1 nitrogen and oxygen atoms in total. The Morgan fingerprint density at radius 3 is 2.30 bits per heavy atom. The van der Waals surface area contributed by atoms with E-state index in [-0.39, 0.29) is 0 Å². The summed E-state index contributed by atoms with van der Waals surface area (Å²) in [5.41, 5.74) is 5.50. The Morgan fingerprint density at radius 2 is 1.90 bits per heavy atom. The van der Waals surface area contributed by atoms with Gasteiger partial charge in [-0.15, -0.1) is 11.8 Å². The molecule has 1 heteroatoms. The summed E-state index contributed by atoms with van der Waals surface area (Å²) in [6, 6.07) is 0. The van der Waals surface area contributed by atoms with Crippen molar-refractivity contribution in [3.05, 3.63) is 0 Å². The Kier molecular flexibility index (Phi) is 5.06. The number of rotatable bonds is 3. The molecule has 0 saturated heterocycles. The van der Waals surface area contributed by atoms with Crippen molar-refractivity contribution in [1.29, 1.82) is 0 Å². The van der Waals surface area contributed by atoms with Crippen molar-refractivity contribution < 1.29 is 0 Å². The van der Waals surface area contributed by atoms with Crippen molar-refractivity contribution >= 4 is 0 Å². The molecule has 0 fully saturated rings. The highest BCUT2D eigenvalue weighted by Crippen LogP contribution is 2.11. The molecule has 58 valence electrons. The lowest BCUT2D eigenvalue weighted by Crippen LogP contribution is -2.17. The van der Waals surface area contributed by atoms with Gasteiger partial charge in [0, 0.05) is 6.42 Å². The number of nitrogens with two attached hydrogens (primary N) is 1. The molecule has 0 aromatic heterocycles. The molecule has 2 unspecified atom stereocenters. The Balaban J connectivity index is 3.57. The normalized spacial score (nSPS) is 15.2. The van der Waals surface area contributed by atoms with Crippen LogP contribution in [0.25, 0.3) is 0 Å². The molecule has 2 atom stereocenters. The Bertz CT molecular complexity index is 129. The van der Waals surface area contributed by atoms with Crippen LogP contribution in [0.2, 0.25) is 0 Å². The highest BCUT2D eigenvalue weighted by atomic mass is 14.5. The molecule has 2 N–H and O–H groups in total. The fraction of sp³-hybridized carbons (Fsp3) is 0.778. The molecule has 0 amide bonds. The summed E-state index contributed by atoms with van der Waals surface area (Å²) in [7, 11) is 0. The molecule has 0 aromatic rings. The molecule has 0 heterocycles. The minimum absolute atomic E-state index is 0.598. The molecule has 0 bridgehead atoms. The third-order valence-electron chi connectivity index (χ3n) is 1.94. The topological polar surface area (TPSA) is 26.0 Å². The summed E-state index contributed by atoms with van der Waals surface area (Å²) in [5.74, 6) is 7.18. The van der Waals surface area contributed by atoms with Crippen LogP contribution in [0, 0.1) is 23.7 Å². The van der Waals surface area contributed by atoms with Gasteiger partial charge in [0.15, 0.2) is 0 Å². The second kappa shape index (κ2) is 5.32. The third-order valence-corrected chi connectivity index (χ3v) is 1.94. The molecule has 0 aliphatic heterocycles. The Morgan fingerprint density at radius 1 is 1.30 bits per heavy atom. The van der Waals surface area contributed by atoms with Gasteiger partial charge < -0.3 is 5.73 Å². The first-order chi connectivity index (χ1) is 4.72. The first-order valence-corrected chi connectivity index (χ1v) is 3.82. The standard InChI is InChI=1S/C9H17N/c1-4-5-6-8(2)9(3)7-10/h8-9H,6-7,10H2,1-3H3. The lowest BCUT2D eigenvalue weighted by Gasteiger charge is -2.14. The highest BCUT2D eigenvalue weighted by Gasteiger charge is 2.07. The average Bonchev–Trinajstić information content (AvgIpc) is 1.98. The maximum atomic E-state index is 5.50.